The second kappa shape index (κ2) is 4.85. The molecule has 3 nitrogen and oxygen atoms in total. The van der Waals surface area contributed by atoms with E-state index in [0.29, 0.717) is 6.42 Å². The summed E-state index contributed by atoms with van der Waals surface area (Å²) in [6, 6.07) is 0.661. The van der Waals surface area contributed by atoms with Crippen molar-refractivity contribution in [1.29, 1.82) is 0 Å². The van der Waals surface area contributed by atoms with Gasteiger partial charge in [0.25, 0.3) is 0 Å². The van der Waals surface area contributed by atoms with E-state index in [1.54, 1.807) is 6.92 Å². The average Bonchev–Trinajstić information content (AvgIpc) is 2.10. The van der Waals surface area contributed by atoms with Gasteiger partial charge in [0.1, 0.15) is 5.82 Å². The molecule has 0 saturated carbocycles. The summed E-state index contributed by atoms with van der Waals surface area (Å²) in [5, 5.41) is 11.3. The van der Waals surface area contributed by atoms with E-state index in [4.69, 9.17) is 5.11 Å². The standard InChI is InChI=1S/C9H12F2N2O/c1-6(2-3-14)13-9-8(11)4-7(10)5-12-9/h4-6,14H,2-3H2,1H3,(H,12,13). The summed E-state index contributed by atoms with van der Waals surface area (Å²) in [4.78, 5) is 3.56. The van der Waals surface area contributed by atoms with Crippen molar-refractivity contribution in [1.82, 2.24) is 4.98 Å². The number of anilines is 1. The van der Waals surface area contributed by atoms with Gasteiger partial charge in [0, 0.05) is 18.7 Å². The summed E-state index contributed by atoms with van der Waals surface area (Å²) in [7, 11) is 0. The fraction of sp³-hybridized carbons (Fsp3) is 0.444. The Labute approximate surface area is 80.8 Å². The third kappa shape index (κ3) is 2.92. The van der Waals surface area contributed by atoms with E-state index in [-0.39, 0.29) is 18.5 Å². The van der Waals surface area contributed by atoms with Crippen LogP contribution in [-0.2, 0) is 0 Å². The molecule has 78 valence electrons. The third-order valence-corrected chi connectivity index (χ3v) is 1.75. The minimum absolute atomic E-state index is 0.00681. The van der Waals surface area contributed by atoms with Crippen LogP contribution in [-0.4, -0.2) is 22.7 Å². The Morgan fingerprint density at radius 3 is 2.86 bits per heavy atom. The Morgan fingerprint density at radius 2 is 2.29 bits per heavy atom. The lowest BCUT2D eigenvalue weighted by molar-refractivity contribution is 0.282. The van der Waals surface area contributed by atoms with Crippen LogP contribution >= 0.6 is 0 Å². The maximum absolute atomic E-state index is 13.0. The molecule has 0 aliphatic carbocycles. The number of rotatable bonds is 4. The number of aromatic nitrogens is 1. The Kier molecular flexibility index (Phi) is 3.76. The van der Waals surface area contributed by atoms with Crippen molar-refractivity contribution >= 4 is 5.82 Å². The molecule has 1 unspecified atom stereocenters. The Bertz CT molecular complexity index is 307. The first kappa shape index (κ1) is 10.8. The van der Waals surface area contributed by atoms with Crippen molar-refractivity contribution in [3.8, 4) is 0 Å². The maximum Gasteiger partial charge on any atom is 0.168 e. The third-order valence-electron chi connectivity index (χ3n) is 1.75. The number of aliphatic hydroxyl groups excluding tert-OH is 1. The fourth-order valence-corrected chi connectivity index (χ4v) is 1.02. The normalized spacial score (nSPS) is 12.6. The van der Waals surface area contributed by atoms with Crippen LogP contribution in [0.25, 0.3) is 0 Å². The van der Waals surface area contributed by atoms with Gasteiger partial charge in [-0.2, -0.15) is 0 Å². The molecule has 0 spiro atoms. The van der Waals surface area contributed by atoms with Crippen LogP contribution in [0.3, 0.4) is 0 Å². The van der Waals surface area contributed by atoms with Crippen molar-refractivity contribution in [2.75, 3.05) is 11.9 Å². The van der Waals surface area contributed by atoms with Crippen molar-refractivity contribution in [2.45, 2.75) is 19.4 Å². The lowest BCUT2D eigenvalue weighted by atomic mass is 10.2. The van der Waals surface area contributed by atoms with Crippen LogP contribution in [0.15, 0.2) is 12.3 Å². The monoisotopic (exact) mass is 202 g/mol. The predicted molar refractivity (Wildman–Crippen MR) is 48.9 cm³/mol. The van der Waals surface area contributed by atoms with Crippen LogP contribution in [0.2, 0.25) is 0 Å². The second-order valence-electron chi connectivity index (χ2n) is 3.04. The van der Waals surface area contributed by atoms with Crippen LogP contribution in [0.4, 0.5) is 14.6 Å². The van der Waals surface area contributed by atoms with Gasteiger partial charge < -0.3 is 10.4 Å². The van der Waals surface area contributed by atoms with E-state index in [1.807, 2.05) is 0 Å². The highest BCUT2D eigenvalue weighted by molar-refractivity contribution is 5.36. The molecule has 5 heteroatoms. The van der Waals surface area contributed by atoms with Crippen molar-refractivity contribution in [3.63, 3.8) is 0 Å². The first-order chi connectivity index (χ1) is 6.63. The molecule has 0 aliphatic heterocycles. The lowest BCUT2D eigenvalue weighted by Gasteiger charge is -2.13. The highest BCUT2D eigenvalue weighted by Gasteiger charge is 2.08. The van der Waals surface area contributed by atoms with E-state index in [2.05, 4.69) is 10.3 Å². The summed E-state index contributed by atoms with van der Waals surface area (Å²) in [5.41, 5.74) is 0. The van der Waals surface area contributed by atoms with Gasteiger partial charge in [0.05, 0.1) is 6.20 Å². The maximum atomic E-state index is 13.0. The first-order valence-corrected chi connectivity index (χ1v) is 4.32. The zero-order valence-corrected chi connectivity index (χ0v) is 7.80. The zero-order valence-electron chi connectivity index (χ0n) is 7.80. The molecule has 1 aromatic rings. The number of pyridine rings is 1. The molecule has 0 amide bonds. The van der Waals surface area contributed by atoms with Crippen LogP contribution < -0.4 is 5.32 Å². The van der Waals surface area contributed by atoms with E-state index in [0.717, 1.165) is 12.3 Å². The molecule has 0 aliphatic rings. The van der Waals surface area contributed by atoms with Crippen molar-refractivity contribution < 1.29 is 13.9 Å². The van der Waals surface area contributed by atoms with Gasteiger partial charge in [-0.15, -0.1) is 0 Å². The summed E-state index contributed by atoms with van der Waals surface area (Å²) in [5.74, 6) is -1.43. The van der Waals surface area contributed by atoms with Crippen LogP contribution in [0.1, 0.15) is 13.3 Å². The Hall–Kier alpha value is -1.23. The lowest BCUT2D eigenvalue weighted by Crippen LogP contribution is -2.18. The summed E-state index contributed by atoms with van der Waals surface area (Å²) in [6.45, 7) is 1.79. The number of halogens is 2. The summed E-state index contributed by atoms with van der Waals surface area (Å²) in [6.07, 6.45) is 1.43. The van der Waals surface area contributed by atoms with Gasteiger partial charge >= 0.3 is 0 Å². The van der Waals surface area contributed by atoms with E-state index in [9.17, 15) is 8.78 Å². The molecular formula is C9H12F2N2O. The predicted octanol–water partition coefficient (Wildman–Crippen LogP) is 1.54. The molecule has 1 heterocycles. The number of nitrogens with zero attached hydrogens (tertiary/aromatic N) is 1. The number of hydrogen-bond acceptors (Lipinski definition) is 3. The summed E-state index contributed by atoms with van der Waals surface area (Å²) < 4.78 is 25.5. The molecule has 0 aromatic carbocycles. The Balaban J connectivity index is 2.67. The molecule has 0 radical (unpaired) electrons. The van der Waals surface area contributed by atoms with Crippen molar-refractivity contribution in [2.24, 2.45) is 0 Å². The second-order valence-corrected chi connectivity index (χ2v) is 3.04. The van der Waals surface area contributed by atoms with Gasteiger partial charge in [-0.3, -0.25) is 0 Å². The SMILES string of the molecule is CC(CCO)Nc1ncc(F)cc1F. The smallest absolute Gasteiger partial charge is 0.168 e. The molecule has 1 aromatic heterocycles. The Morgan fingerprint density at radius 1 is 1.57 bits per heavy atom. The minimum Gasteiger partial charge on any atom is -0.396 e. The van der Waals surface area contributed by atoms with Gasteiger partial charge in [-0.25, -0.2) is 13.8 Å². The first-order valence-electron chi connectivity index (χ1n) is 4.32. The molecule has 1 rings (SSSR count). The molecule has 1 atom stereocenters. The molecule has 0 saturated heterocycles. The fourth-order valence-electron chi connectivity index (χ4n) is 1.02. The van der Waals surface area contributed by atoms with E-state index < -0.39 is 11.6 Å². The minimum atomic E-state index is -0.727. The largest absolute Gasteiger partial charge is 0.396 e. The number of nitrogens with one attached hydrogen (secondary N) is 1. The molecule has 0 fully saturated rings. The van der Waals surface area contributed by atoms with E-state index in [1.165, 1.54) is 0 Å². The average molecular weight is 202 g/mol. The van der Waals surface area contributed by atoms with Crippen molar-refractivity contribution in [3.05, 3.63) is 23.9 Å². The highest BCUT2D eigenvalue weighted by atomic mass is 19.1. The van der Waals surface area contributed by atoms with Gasteiger partial charge in [-0.05, 0) is 13.3 Å². The van der Waals surface area contributed by atoms with Gasteiger partial charge in [0.15, 0.2) is 11.6 Å². The van der Waals surface area contributed by atoms with Gasteiger partial charge in [-0.1, -0.05) is 0 Å². The molecule has 0 bridgehead atoms. The number of hydrogen-bond donors (Lipinski definition) is 2. The van der Waals surface area contributed by atoms with Crippen LogP contribution in [0, 0.1) is 11.6 Å². The zero-order chi connectivity index (χ0) is 10.6. The van der Waals surface area contributed by atoms with E-state index >= 15 is 0 Å². The highest BCUT2D eigenvalue weighted by Crippen LogP contribution is 2.12. The molecule has 2 N–H and O–H groups in total. The topological polar surface area (TPSA) is 45.1 Å². The summed E-state index contributed by atoms with van der Waals surface area (Å²) >= 11 is 0. The quantitative estimate of drug-likeness (QED) is 0.778. The molecule has 14 heavy (non-hydrogen) atoms. The van der Waals surface area contributed by atoms with Crippen LogP contribution in [0.5, 0.6) is 0 Å². The molecular weight excluding hydrogens is 190 g/mol. The van der Waals surface area contributed by atoms with Gasteiger partial charge in [0.2, 0.25) is 0 Å². The number of aliphatic hydroxyl groups is 1.